The molecule has 0 atom stereocenters. The van der Waals surface area contributed by atoms with Gasteiger partial charge in [0.1, 0.15) is 0 Å². The van der Waals surface area contributed by atoms with Gasteiger partial charge in [-0.3, -0.25) is 4.79 Å². The van der Waals surface area contributed by atoms with Crippen LogP contribution in [0.4, 0.5) is 0 Å². The van der Waals surface area contributed by atoms with Gasteiger partial charge in [-0.25, -0.2) is 0 Å². The Bertz CT molecular complexity index is 596. The van der Waals surface area contributed by atoms with E-state index in [0.717, 1.165) is 10.8 Å². The van der Waals surface area contributed by atoms with Gasteiger partial charge in [0.15, 0.2) is 5.78 Å². The summed E-state index contributed by atoms with van der Waals surface area (Å²) in [6.45, 7) is 5.24. The van der Waals surface area contributed by atoms with E-state index >= 15 is 0 Å². The lowest BCUT2D eigenvalue weighted by molar-refractivity contribution is 0.103. The van der Waals surface area contributed by atoms with Crippen LogP contribution in [-0.2, 0) is 0 Å². The highest BCUT2D eigenvalue weighted by Crippen LogP contribution is 2.20. The third kappa shape index (κ3) is 1.69. The molecule has 0 fully saturated rings. The zero-order valence-electron chi connectivity index (χ0n) is 9.16. The fourth-order valence-electron chi connectivity index (χ4n) is 1.71. The number of hydrogen-bond acceptors (Lipinski definition) is 1. The van der Waals surface area contributed by atoms with Crippen molar-refractivity contribution in [3.05, 3.63) is 65.9 Å². The molecule has 2 rings (SSSR count). The molecule has 0 aliphatic rings. The molecule has 0 aliphatic heterocycles. The average molecular weight is 208 g/mol. The molecule has 0 N–H and O–H groups in total. The van der Waals surface area contributed by atoms with Crippen molar-refractivity contribution >= 4 is 16.6 Å². The number of fused-ring (bicyclic) bond motifs is 1. The molecule has 78 valence electrons. The second-order valence-electron chi connectivity index (χ2n) is 3.66. The summed E-state index contributed by atoms with van der Waals surface area (Å²) < 4.78 is 0. The Morgan fingerprint density at radius 1 is 1.12 bits per heavy atom. The number of carbonyl (C=O) groups is 1. The molecule has 2 aromatic rings. The molecule has 0 unspecified atom stereocenters. The predicted molar refractivity (Wildman–Crippen MR) is 66.6 cm³/mol. The molecule has 0 radical (unpaired) electrons. The number of hydrogen-bond donors (Lipinski definition) is 0. The molecule has 1 nitrogen and oxygen atoms in total. The lowest BCUT2D eigenvalue weighted by Gasteiger charge is -2.04. The Hall–Kier alpha value is -2.11. The zero-order valence-corrected chi connectivity index (χ0v) is 9.16. The lowest BCUT2D eigenvalue weighted by atomic mass is 9.98. The first-order chi connectivity index (χ1) is 7.74. The maximum absolute atomic E-state index is 12.1. The van der Waals surface area contributed by atoms with Crippen molar-refractivity contribution in [2.24, 2.45) is 0 Å². The summed E-state index contributed by atoms with van der Waals surface area (Å²) >= 11 is 0. The second-order valence-corrected chi connectivity index (χ2v) is 3.66. The molecule has 0 amide bonds. The Morgan fingerprint density at radius 3 is 2.56 bits per heavy atom. The van der Waals surface area contributed by atoms with E-state index in [-0.39, 0.29) is 5.78 Å². The molecule has 0 saturated heterocycles. The number of carbonyl (C=O) groups excluding carboxylic acids is 1. The first-order valence-electron chi connectivity index (χ1n) is 5.13. The standard InChI is InChI=1S/C15H12O/c1-3-11(2)15(16)14-10-6-8-12-7-4-5-9-13(12)14/h4-10H,1H2,2H3. The molecule has 0 aliphatic carbocycles. The van der Waals surface area contributed by atoms with Gasteiger partial charge in [0.2, 0.25) is 0 Å². The van der Waals surface area contributed by atoms with Gasteiger partial charge in [0, 0.05) is 11.1 Å². The highest BCUT2D eigenvalue weighted by molar-refractivity contribution is 6.15. The summed E-state index contributed by atoms with van der Waals surface area (Å²) in [6.07, 6.45) is 0. The minimum atomic E-state index is -0.00759. The van der Waals surface area contributed by atoms with Crippen LogP contribution in [0.2, 0.25) is 0 Å². The number of Topliss-reactive ketones (excluding diaryl/α,β-unsaturated/α-hetero) is 1. The van der Waals surface area contributed by atoms with Crippen molar-refractivity contribution in [2.75, 3.05) is 0 Å². The number of ketones is 1. The molecule has 0 spiro atoms. The molecular weight excluding hydrogens is 196 g/mol. The Labute approximate surface area is 94.7 Å². The van der Waals surface area contributed by atoms with Crippen molar-refractivity contribution in [1.82, 2.24) is 0 Å². The quantitative estimate of drug-likeness (QED) is 0.417. The summed E-state index contributed by atoms with van der Waals surface area (Å²) in [5.74, 6) is -0.00759. The molecular formula is C15H12O. The summed E-state index contributed by atoms with van der Waals surface area (Å²) in [5.41, 5.74) is 3.91. The van der Waals surface area contributed by atoms with Gasteiger partial charge in [0.05, 0.1) is 0 Å². The van der Waals surface area contributed by atoms with Crippen LogP contribution in [0.15, 0.2) is 60.3 Å². The molecule has 2 aromatic carbocycles. The third-order valence-electron chi connectivity index (χ3n) is 2.64. The third-order valence-corrected chi connectivity index (χ3v) is 2.64. The fourth-order valence-corrected chi connectivity index (χ4v) is 1.71. The Balaban J connectivity index is 2.70. The van der Waals surface area contributed by atoms with Crippen LogP contribution in [0.1, 0.15) is 17.3 Å². The molecule has 0 saturated carbocycles. The van der Waals surface area contributed by atoms with E-state index in [4.69, 9.17) is 0 Å². The normalized spacial score (nSPS) is 9.81. The van der Waals surface area contributed by atoms with Gasteiger partial charge < -0.3 is 0 Å². The van der Waals surface area contributed by atoms with Crippen LogP contribution in [0.25, 0.3) is 10.8 Å². The minimum Gasteiger partial charge on any atom is -0.288 e. The van der Waals surface area contributed by atoms with Crippen LogP contribution >= 0.6 is 0 Å². The van der Waals surface area contributed by atoms with Gasteiger partial charge in [0.25, 0.3) is 0 Å². The number of allylic oxidation sites excluding steroid dienone is 1. The largest absolute Gasteiger partial charge is 0.288 e. The van der Waals surface area contributed by atoms with Crippen molar-refractivity contribution in [1.29, 1.82) is 0 Å². The van der Waals surface area contributed by atoms with Crippen molar-refractivity contribution in [3.8, 4) is 0 Å². The Kier molecular flexibility index (Phi) is 2.72. The maximum atomic E-state index is 12.1. The predicted octanol–water partition coefficient (Wildman–Crippen LogP) is 3.75. The summed E-state index contributed by atoms with van der Waals surface area (Å²) in [7, 11) is 0. The van der Waals surface area contributed by atoms with Crippen LogP contribution < -0.4 is 0 Å². The van der Waals surface area contributed by atoms with E-state index < -0.39 is 0 Å². The molecule has 0 aromatic heterocycles. The highest BCUT2D eigenvalue weighted by atomic mass is 16.1. The fraction of sp³-hybridized carbons (Fsp3) is 0.0667. The summed E-state index contributed by atoms with van der Waals surface area (Å²) in [4.78, 5) is 12.1. The molecule has 0 bridgehead atoms. The van der Waals surface area contributed by atoms with Crippen LogP contribution in [0, 0.1) is 0 Å². The number of rotatable bonds is 2. The average Bonchev–Trinajstić information content (AvgIpc) is 2.36. The van der Waals surface area contributed by atoms with E-state index in [1.54, 1.807) is 6.92 Å². The first kappa shape index (κ1) is 10.4. The van der Waals surface area contributed by atoms with Gasteiger partial charge in [-0.15, -0.1) is 5.73 Å². The second kappa shape index (κ2) is 4.18. The van der Waals surface area contributed by atoms with E-state index in [1.807, 2.05) is 42.5 Å². The summed E-state index contributed by atoms with van der Waals surface area (Å²) in [5, 5.41) is 2.05. The molecule has 0 heterocycles. The van der Waals surface area contributed by atoms with E-state index in [0.29, 0.717) is 11.1 Å². The van der Waals surface area contributed by atoms with Crippen LogP contribution in [0.3, 0.4) is 0 Å². The van der Waals surface area contributed by atoms with Crippen molar-refractivity contribution < 1.29 is 4.79 Å². The van der Waals surface area contributed by atoms with E-state index in [1.165, 1.54) is 0 Å². The lowest BCUT2D eigenvalue weighted by Crippen LogP contribution is -2.00. The van der Waals surface area contributed by atoms with Crippen LogP contribution in [-0.4, -0.2) is 5.78 Å². The summed E-state index contributed by atoms with van der Waals surface area (Å²) in [6, 6.07) is 13.6. The molecule has 16 heavy (non-hydrogen) atoms. The SMILES string of the molecule is C=C=C(C)C(=O)c1cccc2ccccc12. The topological polar surface area (TPSA) is 17.1 Å². The van der Waals surface area contributed by atoms with Crippen molar-refractivity contribution in [3.63, 3.8) is 0 Å². The van der Waals surface area contributed by atoms with Crippen LogP contribution in [0.5, 0.6) is 0 Å². The van der Waals surface area contributed by atoms with Crippen molar-refractivity contribution in [2.45, 2.75) is 6.92 Å². The Morgan fingerprint density at radius 2 is 1.81 bits per heavy atom. The van der Waals surface area contributed by atoms with E-state index in [9.17, 15) is 4.79 Å². The first-order valence-corrected chi connectivity index (χ1v) is 5.13. The highest BCUT2D eigenvalue weighted by Gasteiger charge is 2.10. The zero-order chi connectivity index (χ0) is 11.5. The van der Waals surface area contributed by atoms with E-state index in [2.05, 4.69) is 12.3 Å². The smallest absolute Gasteiger partial charge is 0.196 e. The maximum Gasteiger partial charge on any atom is 0.196 e. The van der Waals surface area contributed by atoms with Gasteiger partial charge in [-0.2, -0.15) is 0 Å². The monoisotopic (exact) mass is 208 g/mol. The van der Waals surface area contributed by atoms with Gasteiger partial charge in [-0.1, -0.05) is 49.0 Å². The molecule has 1 heteroatoms. The van der Waals surface area contributed by atoms with Gasteiger partial charge >= 0.3 is 0 Å². The minimum absolute atomic E-state index is 0.00759. The number of benzene rings is 2. The van der Waals surface area contributed by atoms with Gasteiger partial charge in [-0.05, 0) is 17.7 Å².